The van der Waals surface area contributed by atoms with Crippen molar-refractivity contribution in [2.45, 2.75) is 25.7 Å². The number of carbonyl (C=O) groups is 1. The molecule has 0 atom stereocenters. The number of nitrogens with zero attached hydrogens (tertiary/aromatic N) is 2. The van der Waals surface area contributed by atoms with Gasteiger partial charge in [-0.2, -0.15) is 0 Å². The van der Waals surface area contributed by atoms with Crippen LogP contribution in [0.15, 0.2) is 60.7 Å². The van der Waals surface area contributed by atoms with Gasteiger partial charge in [-0.25, -0.2) is 0 Å². The highest BCUT2D eigenvalue weighted by Gasteiger charge is 2.26. The molecule has 0 radical (unpaired) electrons. The Hall–Kier alpha value is -3.31. The molecule has 0 saturated carbocycles. The van der Waals surface area contributed by atoms with E-state index >= 15 is 0 Å². The van der Waals surface area contributed by atoms with Gasteiger partial charge in [0.15, 0.2) is 11.5 Å². The Bertz CT molecular complexity index is 1190. The Balaban J connectivity index is 1.31. The van der Waals surface area contributed by atoms with Crippen molar-refractivity contribution in [3.05, 3.63) is 71.8 Å². The third-order valence-electron chi connectivity index (χ3n) is 6.87. The molecule has 1 amide bonds. The van der Waals surface area contributed by atoms with E-state index in [1.165, 1.54) is 24.6 Å². The Morgan fingerprint density at radius 1 is 0.971 bits per heavy atom. The summed E-state index contributed by atoms with van der Waals surface area (Å²) in [7, 11) is 1.67. The van der Waals surface area contributed by atoms with Gasteiger partial charge in [0.05, 0.1) is 12.8 Å². The van der Waals surface area contributed by atoms with Crippen LogP contribution in [0.4, 0.5) is 5.69 Å². The molecule has 176 valence electrons. The van der Waals surface area contributed by atoms with Gasteiger partial charge >= 0.3 is 0 Å². The first-order valence-electron chi connectivity index (χ1n) is 12.3. The summed E-state index contributed by atoms with van der Waals surface area (Å²) >= 11 is 0. The summed E-state index contributed by atoms with van der Waals surface area (Å²) in [6.07, 6.45) is 8.28. The third-order valence-corrected chi connectivity index (χ3v) is 6.87. The first kappa shape index (κ1) is 22.5. The topological polar surface area (TPSA) is 42.0 Å². The van der Waals surface area contributed by atoms with Crippen molar-refractivity contribution in [1.82, 2.24) is 4.90 Å². The molecule has 2 heterocycles. The molecule has 1 fully saturated rings. The van der Waals surface area contributed by atoms with Gasteiger partial charge in [0.25, 0.3) is 5.91 Å². The van der Waals surface area contributed by atoms with Crippen LogP contribution in [-0.2, 0) is 11.2 Å². The van der Waals surface area contributed by atoms with Gasteiger partial charge in [0, 0.05) is 25.2 Å². The number of ether oxygens (including phenoxy) is 2. The number of carbonyl (C=O) groups excluding carboxylic acids is 1. The Kier molecular flexibility index (Phi) is 6.82. The Morgan fingerprint density at radius 2 is 1.79 bits per heavy atom. The number of amides is 1. The minimum absolute atomic E-state index is 0.0175. The van der Waals surface area contributed by atoms with Gasteiger partial charge in [0.2, 0.25) is 0 Å². The Morgan fingerprint density at radius 3 is 2.65 bits per heavy atom. The average molecular weight is 457 g/mol. The number of benzene rings is 3. The number of methoxy groups -OCH3 is 1. The number of likely N-dealkylation sites (tertiary alicyclic amines) is 1. The van der Waals surface area contributed by atoms with Gasteiger partial charge < -0.3 is 14.4 Å². The lowest BCUT2D eigenvalue weighted by Crippen LogP contribution is -2.33. The van der Waals surface area contributed by atoms with Crippen LogP contribution in [0.5, 0.6) is 11.5 Å². The molecule has 0 aromatic heterocycles. The number of hydrogen-bond donors (Lipinski definition) is 0. The van der Waals surface area contributed by atoms with Gasteiger partial charge in [-0.1, -0.05) is 48.9 Å². The van der Waals surface area contributed by atoms with E-state index < -0.39 is 0 Å². The lowest BCUT2D eigenvalue weighted by atomic mass is 10.0. The van der Waals surface area contributed by atoms with Crippen LogP contribution in [0.25, 0.3) is 16.8 Å². The molecule has 3 aromatic carbocycles. The number of rotatable bonds is 7. The van der Waals surface area contributed by atoms with E-state index in [4.69, 9.17) is 9.47 Å². The van der Waals surface area contributed by atoms with Crippen molar-refractivity contribution >= 4 is 28.4 Å². The van der Waals surface area contributed by atoms with Crippen LogP contribution in [-0.4, -0.2) is 50.7 Å². The van der Waals surface area contributed by atoms with E-state index in [0.29, 0.717) is 18.9 Å². The van der Waals surface area contributed by atoms with Crippen LogP contribution in [0.1, 0.15) is 30.4 Å². The predicted octanol–water partition coefficient (Wildman–Crippen LogP) is 5.32. The van der Waals surface area contributed by atoms with E-state index in [1.54, 1.807) is 13.2 Å². The highest BCUT2D eigenvalue weighted by molar-refractivity contribution is 6.06. The molecule has 5 heteroatoms. The standard InChI is InChI=1S/C29H32N2O3/c1-33-27-20-24-14-17-31(26(24)21-28(27)34-19-18-30-15-5-2-6-16-30)29(32)13-12-23-10-7-9-22-8-3-4-11-25(22)23/h3-4,7-13,20-21H,2,5-6,14-19H2,1H3/b13-12+. The molecule has 5 nitrogen and oxygen atoms in total. The van der Waals surface area contributed by atoms with Crippen molar-refractivity contribution in [2.24, 2.45) is 0 Å². The highest BCUT2D eigenvalue weighted by Crippen LogP contribution is 2.39. The van der Waals surface area contributed by atoms with Crippen molar-refractivity contribution in [3.8, 4) is 11.5 Å². The maximum Gasteiger partial charge on any atom is 0.251 e. The zero-order valence-corrected chi connectivity index (χ0v) is 19.8. The van der Waals surface area contributed by atoms with Crippen LogP contribution in [0, 0.1) is 0 Å². The molecule has 0 aliphatic carbocycles. The quantitative estimate of drug-likeness (QED) is 0.452. The lowest BCUT2D eigenvalue weighted by molar-refractivity contribution is -0.114. The first-order chi connectivity index (χ1) is 16.7. The van der Waals surface area contributed by atoms with E-state index in [1.807, 2.05) is 47.4 Å². The van der Waals surface area contributed by atoms with E-state index in [-0.39, 0.29) is 5.91 Å². The zero-order chi connectivity index (χ0) is 23.3. The lowest BCUT2D eigenvalue weighted by Gasteiger charge is -2.26. The number of anilines is 1. The summed E-state index contributed by atoms with van der Waals surface area (Å²) in [5, 5.41) is 2.31. The van der Waals surface area contributed by atoms with E-state index in [2.05, 4.69) is 23.1 Å². The van der Waals surface area contributed by atoms with Crippen molar-refractivity contribution in [3.63, 3.8) is 0 Å². The maximum absolute atomic E-state index is 13.2. The second kappa shape index (κ2) is 10.3. The minimum Gasteiger partial charge on any atom is -0.493 e. The predicted molar refractivity (Wildman–Crippen MR) is 138 cm³/mol. The van der Waals surface area contributed by atoms with Gasteiger partial charge in [-0.15, -0.1) is 0 Å². The average Bonchev–Trinajstić information content (AvgIpc) is 3.30. The molecule has 3 aromatic rings. The molecule has 5 rings (SSSR count). The summed E-state index contributed by atoms with van der Waals surface area (Å²) < 4.78 is 11.7. The number of hydrogen-bond acceptors (Lipinski definition) is 4. The van der Waals surface area contributed by atoms with Crippen LogP contribution < -0.4 is 14.4 Å². The fraction of sp³-hybridized carbons (Fsp3) is 0.345. The van der Waals surface area contributed by atoms with Gasteiger partial charge in [-0.3, -0.25) is 9.69 Å². The molecule has 0 unspecified atom stereocenters. The van der Waals surface area contributed by atoms with Gasteiger partial charge in [0.1, 0.15) is 6.61 Å². The monoisotopic (exact) mass is 456 g/mol. The summed E-state index contributed by atoms with van der Waals surface area (Å²) in [5.74, 6) is 1.42. The van der Waals surface area contributed by atoms with Crippen molar-refractivity contribution in [2.75, 3.05) is 44.8 Å². The smallest absolute Gasteiger partial charge is 0.251 e. The van der Waals surface area contributed by atoms with Crippen LogP contribution in [0.3, 0.4) is 0 Å². The largest absolute Gasteiger partial charge is 0.493 e. The second-order valence-electron chi connectivity index (χ2n) is 9.02. The molecule has 0 spiro atoms. The fourth-order valence-corrected chi connectivity index (χ4v) is 5.01. The Labute approximate surface area is 201 Å². The van der Waals surface area contributed by atoms with E-state index in [0.717, 1.165) is 54.0 Å². The van der Waals surface area contributed by atoms with Crippen LogP contribution in [0.2, 0.25) is 0 Å². The molecule has 2 aliphatic heterocycles. The summed E-state index contributed by atoms with van der Waals surface area (Å²) in [5.41, 5.74) is 3.08. The maximum atomic E-state index is 13.2. The number of fused-ring (bicyclic) bond motifs is 2. The SMILES string of the molecule is COc1cc2c(cc1OCCN1CCCCC1)N(C(=O)/C=C/c1cccc3ccccc13)CC2. The zero-order valence-electron chi connectivity index (χ0n) is 19.8. The van der Waals surface area contributed by atoms with Gasteiger partial charge in [-0.05, 0) is 66.4 Å². The first-order valence-corrected chi connectivity index (χ1v) is 12.3. The normalized spacial score (nSPS) is 16.2. The molecule has 34 heavy (non-hydrogen) atoms. The molecule has 0 N–H and O–H groups in total. The molecule has 0 bridgehead atoms. The fourth-order valence-electron chi connectivity index (χ4n) is 5.01. The van der Waals surface area contributed by atoms with Crippen molar-refractivity contribution < 1.29 is 14.3 Å². The summed E-state index contributed by atoms with van der Waals surface area (Å²) in [6.45, 7) is 4.49. The molecule has 1 saturated heterocycles. The summed E-state index contributed by atoms with van der Waals surface area (Å²) in [6, 6.07) is 18.4. The minimum atomic E-state index is -0.0175. The van der Waals surface area contributed by atoms with Crippen LogP contribution >= 0.6 is 0 Å². The second-order valence-corrected chi connectivity index (χ2v) is 9.02. The van der Waals surface area contributed by atoms with Crippen molar-refractivity contribution in [1.29, 1.82) is 0 Å². The highest BCUT2D eigenvalue weighted by atomic mass is 16.5. The number of piperidine rings is 1. The summed E-state index contributed by atoms with van der Waals surface area (Å²) in [4.78, 5) is 17.5. The molecular weight excluding hydrogens is 424 g/mol. The third kappa shape index (κ3) is 4.80. The molecule has 2 aliphatic rings. The van der Waals surface area contributed by atoms with E-state index in [9.17, 15) is 4.79 Å². The molecular formula is C29H32N2O3.